The summed E-state index contributed by atoms with van der Waals surface area (Å²) in [6.45, 7) is 0. The van der Waals surface area contributed by atoms with Gasteiger partial charge in [-0.3, -0.25) is 29.3 Å². The van der Waals surface area contributed by atoms with Gasteiger partial charge in [0, 0.05) is 18.1 Å². The van der Waals surface area contributed by atoms with Crippen LogP contribution in [0.15, 0.2) is 52.5 Å². The molecule has 1 N–H and O–H groups in total. The van der Waals surface area contributed by atoms with Crippen molar-refractivity contribution >= 4 is 79.8 Å². The highest BCUT2D eigenvalue weighted by Crippen LogP contribution is 2.66. The molecule has 0 spiro atoms. The van der Waals surface area contributed by atoms with E-state index in [1.807, 2.05) is 0 Å². The van der Waals surface area contributed by atoms with Crippen molar-refractivity contribution in [1.29, 1.82) is 0 Å². The van der Waals surface area contributed by atoms with Gasteiger partial charge in [0.05, 0.1) is 34.0 Å². The van der Waals surface area contributed by atoms with Crippen LogP contribution in [0.1, 0.15) is 24.3 Å². The number of amides is 4. The summed E-state index contributed by atoms with van der Waals surface area (Å²) in [6, 6.07) is 7.18. The number of hydrogen-bond donors (Lipinski definition) is 1. The first-order chi connectivity index (χ1) is 24.4. The summed E-state index contributed by atoms with van der Waals surface area (Å²) in [6.07, 6.45) is 0.562. The molecule has 4 amide bonds. The van der Waals surface area contributed by atoms with E-state index in [1.54, 1.807) is 0 Å². The molecule has 270 valence electrons. The van der Waals surface area contributed by atoms with Crippen LogP contribution in [0.3, 0.4) is 0 Å². The number of benzene rings is 3. The van der Waals surface area contributed by atoms with Gasteiger partial charge in [0.1, 0.15) is 5.69 Å². The van der Waals surface area contributed by atoms with Crippen molar-refractivity contribution in [1.82, 2.24) is 0 Å². The van der Waals surface area contributed by atoms with Gasteiger partial charge in [0.25, 0.3) is 17.5 Å². The maximum absolute atomic E-state index is 15.2. The number of halogens is 8. The Morgan fingerprint density at radius 2 is 1.56 bits per heavy atom. The highest BCUT2D eigenvalue weighted by atomic mass is 79.9. The smallest absolute Gasteiger partial charge is 0.271 e. The number of non-ortho nitro benzene ring substituents is 1. The molecule has 0 bridgehead atoms. The van der Waals surface area contributed by atoms with Gasteiger partial charge < -0.3 is 9.84 Å². The Hall–Kier alpha value is -4.61. The standard InChI is InChI=1S/C33H19BrCl2F5N3O8/c1-52-18-8-11(7-17(34)27(18)45)20-14-5-6-15-19(29(47)42(28(15)46)12-3-2-4-13(9-12)44(50)51)16(14)10-32(35)30(48)43(31(49)33(20,32)36)26-24(40)22(38)21(37)23(39)25(26)41/h2-5,7-9,15-16,19-20,45H,6,10H2,1H3. The molecular formula is C33H19BrCl2F5N3O8. The van der Waals surface area contributed by atoms with Crippen LogP contribution in [0.2, 0.25) is 0 Å². The van der Waals surface area contributed by atoms with Crippen LogP contribution in [0, 0.1) is 57.0 Å². The van der Waals surface area contributed by atoms with Crippen LogP contribution in [0.25, 0.3) is 0 Å². The highest BCUT2D eigenvalue weighted by Gasteiger charge is 2.77. The number of methoxy groups -OCH3 is 1. The van der Waals surface area contributed by atoms with Crippen LogP contribution in [-0.4, -0.2) is 50.5 Å². The third kappa shape index (κ3) is 4.54. The zero-order chi connectivity index (χ0) is 37.9. The molecular weight excluding hydrogens is 812 g/mol. The SMILES string of the molecule is COc1cc(C2C3=CCC4C(=O)N(c5cccc([N+](=O)[O-])c5)C(=O)C4C3CC3(Cl)C(=O)N(c4c(F)c(F)c(F)c(F)c4F)C(=O)C23Cl)cc(Br)c1O. The second-order valence-electron chi connectivity index (χ2n) is 12.5. The zero-order valence-electron chi connectivity index (χ0n) is 25.9. The Balaban J connectivity index is 1.44. The maximum atomic E-state index is 15.2. The number of fused-ring (bicyclic) bond motifs is 4. The lowest BCUT2D eigenvalue weighted by Crippen LogP contribution is -2.60. The molecule has 2 aliphatic heterocycles. The van der Waals surface area contributed by atoms with E-state index in [-0.39, 0.29) is 38.4 Å². The molecule has 6 atom stereocenters. The number of nitrogens with zero attached hydrogens (tertiary/aromatic N) is 3. The minimum Gasteiger partial charge on any atom is -0.503 e. The molecule has 0 aromatic heterocycles. The van der Waals surface area contributed by atoms with Crippen molar-refractivity contribution in [3.63, 3.8) is 0 Å². The summed E-state index contributed by atoms with van der Waals surface area (Å²) in [5.74, 6) is -23.4. The quantitative estimate of drug-likeness (QED) is 0.0446. The first-order valence-corrected chi connectivity index (χ1v) is 16.6. The van der Waals surface area contributed by atoms with Gasteiger partial charge in [-0.05, 0) is 58.5 Å². The molecule has 2 heterocycles. The van der Waals surface area contributed by atoms with Crippen LogP contribution >= 0.6 is 39.1 Å². The summed E-state index contributed by atoms with van der Waals surface area (Å²) in [4.78, 5) is 62.4. The lowest BCUT2D eigenvalue weighted by atomic mass is 9.56. The molecule has 3 aromatic carbocycles. The van der Waals surface area contributed by atoms with Crippen LogP contribution in [-0.2, 0) is 19.2 Å². The van der Waals surface area contributed by atoms with E-state index < -0.39 is 115 Å². The van der Waals surface area contributed by atoms with E-state index in [0.29, 0.717) is 0 Å². The number of carbonyl (C=O) groups excluding carboxylic acids is 4. The number of anilines is 2. The number of carbonyl (C=O) groups is 4. The van der Waals surface area contributed by atoms with Crippen LogP contribution in [0.5, 0.6) is 11.5 Å². The van der Waals surface area contributed by atoms with Gasteiger partial charge in [0.15, 0.2) is 44.5 Å². The molecule has 3 aromatic rings. The maximum Gasteiger partial charge on any atom is 0.271 e. The summed E-state index contributed by atoms with van der Waals surface area (Å²) < 4.78 is 78.7. The molecule has 7 rings (SSSR count). The molecule has 2 aliphatic carbocycles. The number of imide groups is 2. The molecule has 4 aliphatic rings. The Bertz CT molecular complexity index is 2220. The molecule has 52 heavy (non-hydrogen) atoms. The minimum atomic E-state index is -2.80. The van der Waals surface area contributed by atoms with Gasteiger partial charge in [-0.25, -0.2) is 31.8 Å². The number of allylic oxidation sites excluding steroid dienone is 2. The van der Waals surface area contributed by atoms with Gasteiger partial charge >= 0.3 is 0 Å². The van der Waals surface area contributed by atoms with Crippen molar-refractivity contribution in [2.75, 3.05) is 16.9 Å². The van der Waals surface area contributed by atoms with Gasteiger partial charge in [-0.1, -0.05) is 17.7 Å². The number of hydrogen-bond acceptors (Lipinski definition) is 8. The third-order valence-electron chi connectivity index (χ3n) is 10.1. The first-order valence-electron chi connectivity index (χ1n) is 15.1. The van der Waals surface area contributed by atoms with E-state index in [0.717, 1.165) is 17.0 Å². The van der Waals surface area contributed by atoms with E-state index in [9.17, 15) is 47.6 Å². The molecule has 19 heteroatoms. The second kappa shape index (κ2) is 12.0. The second-order valence-corrected chi connectivity index (χ2v) is 14.6. The minimum absolute atomic E-state index is 0.0105. The topological polar surface area (TPSA) is 147 Å². The average molecular weight is 831 g/mol. The van der Waals surface area contributed by atoms with E-state index in [1.165, 1.54) is 37.5 Å². The van der Waals surface area contributed by atoms with Gasteiger partial charge in [-0.15, -0.1) is 23.2 Å². The summed E-state index contributed by atoms with van der Waals surface area (Å²) >= 11 is 17.4. The van der Waals surface area contributed by atoms with Crippen molar-refractivity contribution in [3.8, 4) is 11.5 Å². The monoisotopic (exact) mass is 829 g/mol. The highest BCUT2D eigenvalue weighted by molar-refractivity contribution is 9.10. The lowest BCUT2D eigenvalue weighted by molar-refractivity contribution is -0.384. The van der Waals surface area contributed by atoms with Gasteiger partial charge in [0.2, 0.25) is 17.6 Å². The fourth-order valence-electron chi connectivity index (χ4n) is 7.86. The summed E-state index contributed by atoms with van der Waals surface area (Å²) in [7, 11) is 1.18. The molecule has 3 fully saturated rings. The fraction of sp³-hybridized carbons (Fsp3) is 0.273. The molecule has 0 radical (unpaired) electrons. The number of aromatic hydroxyl groups is 1. The number of alkyl halides is 2. The van der Waals surface area contributed by atoms with Crippen LogP contribution < -0.4 is 14.5 Å². The Morgan fingerprint density at radius 3 is 2.17 bits per heavy atom. The number of ether oxygens (including phenoxy) is 1. The molecule has 2 saturated heterocycles. The summed E-state index contributed by atoms with van der Waals surface area (Å²) in [5, 5.41) is 22.0. The normalized spacial score (nSPS) is 28.1. The lowest BCUT2D eigenvalue weighted by Gasteiger charge is -2.50. The van der Waals surface area contributed by atoms with Crippen molar-refractivity contribution < 1.29 is 55.9 Å². The van der Waals surface area contributed by atoms with Crippen molar-refractivity contribution in [3.05, 3.63) is 97.3 Å². The first kappa shape index (κ1) is 35.8. The number of nitro groups is 1. The van der Waals surface area contributed by atoms with Crippen molar-refractivity contribution in [2.24, 2.45) is 17.8 Å². The Morgan fingerprint density at radius 1 is 0.923 bits per heavy atom. The number of phenols is 1. The number of rotatable bonds is 5. The number of nitro benzene ring substituents is 1. The zero-order valence-corrected chi connectivity index (χ0v) is 29.0. The van der Waals surface area contributed by atoms with Gasteiger partial charge in [-0.2, -0.15) is 0 Å². The third-order valence-corrected chi connectivity index (χ3v) is 12.1. The predicted molar refractivity (Wildman–Crippen MR) is 174 cm³/mol. The molecule has 6 unspecified atom stereocenters. The van der Waals surface area contributed by atoms with E-state index in [4.69, 9.17) is 27.9 Å². The fourth-order valence-corrected chi connectivity index (χ4v) is 9.25. The van der Waals surface area contributed by atoms with E-state index >= 15 is 8.78 Å². The van der Waals surface area contributed by atoms with Crippen LogP contribution in [0.4, 0.5) is 39.0 Å². The molecule has 11 nitrogen and oxygen atoms in total. The largest absolute Gasteiger partial charge is 0.503 e. The Labute approximate surface area is 306 Å². The molecule has 1 saturated carbocycles. The summed E-state index contributed by atoms with van der Waals surface area (Å²) in [5.41, 5.74) is -2.34. The van der Waals surface area contributed by atoms with Crippen molar-refractivity contribution in [2.45, 2.75) is 28.5 Å². The Kier molecular flexibility index (Phi) is 8.23. The number of phenolic OH excluding ortho intramolecular Hbond substituents is 1. The predicted octanol–water partition coefficient (Wildman–Crippen LogP) is 6.54. The average Bonchev–Trinajstić information content (AvgIpc) is 3.45. The van der Waals surface area contributed by atoms with E-state index in [2.05, 4.69) is 15.9 Å².